The van der Waals surface area contributed by atoms with Crippen molar-refractivity contribution in [2.75, 3.05) is 26.0 Å². The van der Waals surface area contributed by atoms with E-state index in [2.05, 4.69) is 10.3 Å². The molecule has 0 atom stereocenters. The van der Waals surface area contributed by atoms with Gasteiger partial charge in [-0.05, 0) is 11.6 Å². The molecule has 13 heavy (non-hydrogen) atoms. The van der Waals surface area contributed by atoms with E-state index in [0.717, 1.165) is 25.3 Å². The van der Waals surface area contributed by atoms with E-state index in [-0.39, 0.29) is 0 Å². The summed E-state index contributed by atoms with van der Waals surface area (Å²) in [6, 6.07) is 3.76. The molecule has 1 aromatic heterocycles. The summed E-state index contributed by atoms with van der Waals surface area (Å²) in [6.07, 6.45) is 1.77. The molecule has 0 radical (unpaired) electrons. The summed E-state index contributed by atoms with van der Waals surface area (Å²) in [4.78, 5) is 3.98. The van der Waals surface area contributed by atoms with Crippen molar-refractivity contribution < 1.29 is 4.74 Å². The van der Waals surface area contributed by atoms with E-state index in [1.807, 2.05) is 6.07 Å². The van der Waals surface area contributed by atoms with E-state index in [0.29, 0.717) is 5.82 Å². The molecule has 0 saturated carbocycles. The first kappa shape index (κ1) is 9.95. The molecule has 0 spiro atoms. The molecular weight excluding hydrogens is 166 g/mol. The Morgan fingerprint density at radius 1 is 1.54 bits per heavy atom. The highest BCUT2D eigenvalue weighted by atomic mass is 16.5. The van der Waals surface area contributed by atoms with E-state index < -0.39 is 0 Å². The highest BCUT2D eigenvalue weighted by molar-refractivity contribution is 5.29. The Labute approximate surface area is 78.1 Å². The van der Waals surface area contributed by atoms with Crippen LogP contribution in [0.3, 0.4) is 0 Å². The summed E-state index contributed by atoms with van der Waals surface area (Å²) in [7, 11) is 1.69. The van der Waals surface area contributed by atoms with Gasteiger partial charge >= 0.3 is 0 Å². The summed E-state index contributed by atoms with van der Waals surface area (Å²) in [6.45, 7) is 2.37. The SMILES string of the molecule is COCCNCc1ccc(N)nc1. The lowest BCUT2D eigenvalue weighted by Crippen LogP contribution is -2.18. The molecule has 0 aliphatic carbocycles. The fourth-order valence-electron chi connectivity index (χ4n) is 0.947. The highest BCUT2D eigenvalue weighted by Gasteiger charge is 1.92. The molecule has 0 aliphatic rings. The number of rotatable bonds is 5. The molecule has 0 unspecified atom stereocenters. The van der Waals surface area contributed by atoms with Gasteiger partial charge in [0.2, 0.25) is 0 Å². The monoisotopic (exact) mass is 181 g/mol. The zero-order valence-corrected chi connectivity index (χ0v) is 7.79. The first-order valence-corrected chi connectivity index (χ1v) is 4.23. The molecule has 1 rings (SSSR count). The van der Waals surface area contributed by atoms with E-state index in [9.17, 15) is 0 Å². The predicted octanol–water partition coefficient (Wildman–Crippen LogP) is 0.400. The van der Waals surface area contributed by atoms with Crippen molar-refractivity contribution in [3.8, 4) is 0 Å². The lowest BCUT2D eigenvalue weighted by molar-refractivity contribution is 0.199. The van der Waals surface area contributed by atoms with Crippen LogP contribution < -0.4 is 11.1 Å². The lowest BCUT2D eigenvalue weighted by atomic mass is 10.3. The molecule has 4 nitrogen and oxygen atoms in total. The van der Waals surface area contributed by atoms with Crippen LogP contribution in [0.15, 0.2) is 18.3 Å². The number of ether oxygens (including phenoxy) is 1. The van der Waals surface area contributed by atoms with Gasteiger partial charge in [-0.25, -0.2) is 4.98 Å². The largest absolute Gasteiger partial charge is 0.384 e. The summed E-state index contributed by atoms with van der Waals surface area (Å²) < 4.78 is 4.90. The summed E-state index contributed by atoms with van der Waals surface area (Å²) in [5.74, 6) is 0.556. The van der Waals surface area contributed by atoms with Gasteiger partial charge in [0.15, 0.2) is 0 Å². The molecule has 1 aromatic rings. The number of nitrogens with two attached hydrogens (primary N) is 1. The van der Waals surface area contributed by atoms with Gasteiger partial charge in [-0.15, -0.1) is 0 Å². The topological polar surface area (TPSA) is 60.2 Å². The highest BCUT2D eigenvalue weighted by Crippen LogP contribution is 1.99. The van der Waals surface area contributed by atoms with Gasteiger partial charge in [0.05, 0.1) is 6.61 Å². The molecule has 0 amide bonds. The molecular formula is C9H15N3O. The van der Waals surface area contributed by atoms with Gasteiger partial charge in [-0.2, -0.15) is 0 Å². The van der Waals surface area contributed by atoms with Crippen LogP contribution in [-0.4, -0.2) is 25.2 Å². The summed E-state index contributed by atoms with van der Waals surface area (Å²) >= 11 is 0. The zero-order valence-electron chi connectivity index (χ0n) is 7.79. The molecule has 3 N–H and O–H groups in total. The van der Waals surface area contributed by atoms with Gasteiger partial charge in [-0.3, -0.25) is 0 Å². The Hall–Kier alpha value is -1.13. The number of nitrogens with one attached hydrogen (secondary N) is 1. The number of hydrogen-bond acceptors (Lipinski definition) is 4. The first-order valence-electron chi connectivity index (χ1n) is 4.23. The van der Waals surface area contributed by atoms with E-state index in [4.69, 9.17) is 10.5 Å². The Balaban J connectivity index is 2.25. The van der Waals surface area contributed by atoms with Gasteiger partial charge in [0.25, 0.3) is 0 Å². The van der Waals surface area contributed by atoms with Gasteiger partial charge in [0.1, 0.15) is 5.82 Å². The minimum Gasteiger partial charge on any atom is -0.384 e. The number of hydrogen-bond donors (Lipinski definition) is 2. The molecule has 0 bridgehead atoms. The van der Waals surface area contributed by atoms with Crippen LogP contribution in [-0.2, 0) is 11.3 Å². The first-order chi connectivity index (χ1) is 6.33. The number of aromatic nitrogens is 1. The Bertz CT molecular complexity index is 235. The predicted molar refractivity (Wildman–Crippen MR) is 52.2 cm³/mol. The van der Waals surface area contributed by atoms with E-state index in [1.54, 1.807) is 19.4 Å². The number of methoxy groups -OCH3 is 1. The fourth-order valence-corrected chi connectivity index (χ4v) is 0.947. The molecule has 1 heterocycles. The third-order valence-electron chi connectivity index (χ3n) is 1.66. The second kappa shape index (κ2) is 5.50. The Morgan fingerprint density at radius 3 is 3.00 bits per heavy atom. The average molecular weight is 181 g/mol. The maximum absolute atomic E-state index is 5.45. The lowest BCUT2D eigenvalue weighted by Gasteiger charge is -2.03. The maximum atomic E-state index is 5.45. The standard InChI is InChI=1S/C9H15N3O/c1-13-5-4-11-6-8-2-3-9(10)12-7-8/h2-3,7,11H,4-6H2,1H3,(H2,10,12). The normalized spacial score (nSPS) is 10.2. The van der Waals surface area contributed by atoms with E-state index >= 15 is 0 Å². The minimum absolute atomic E-state index is 0.556. The number of pyridine rings is 1. The maximum Gasteiger partial charge on any atom is 0.123 e. The van der Waals surface area contributed by atoms with E-state index in [1.165, 1.54) is 0 Å². The zero-order chi connectivity index (χ0) is 9.52. The van der Waals surface area contributed by atoms with Crippen LogP contribution in [0.1, 0.15) is 5.56 Å². The van der Waals surface area contributed by atoms with Gasteiger partial charge < -0.3 is 15.8 Å². The van der Waals surface area contributed by atoms with Crippen molar-refractivity contribution in [2.24, 2.45) is 0 Å². The van der Waals surface area contributed by atoms with Crippen LogP contribution in [0.25, 0.3) is 0 Å². The third-order valence-corrected chi connectivity index (χ3v) is 1.66. The Kier molecular flexibility index (Phi) is 4.21. The number of nitrogen functional groups attached to an aromatic ring is 1. The van der Waals surface area contributed by atoms with Gasteiger partial charge in [0, 0.05) is 26.4 Å². The van der Waals surface area contributed by atoms with Crippen molar-refractivity contribution in [3.05, 3.63) is 23.9 Å². The summed E-state index contributed by atoms with van der Waals surface area (Å²) in [5, 5.41) is 3.22. The van der Waals surface area contributed by atoms with Crippen molar-refractivity contribution in [3.63, 3.8) is 0 Å². The second-order valence-electron chi connectivity index (χ2n) is 2.76. The molecule has 72 valence electrons. The second-order valence-corrected chi connectivity index (χ2v) is 2.76. The van der Waals surface area contributed by atoms with Crippen LogP contribution in [0.2, 0.25) is 0 Å². The molecule has 0 aromatic carbocycles. The van der Waals surface area contributed by atoms with Crippen LogP contribution in [0.5, 0.6) is 0 Å². The Morgan fingerprint density at radius 2 is 2.38 bits per heavy atom. The van der Waals surface area contributed by atoms with Crippen molar-refractivity contribution >= 4 is 5.82 Å². The van der Waals surface area contributed by atoms with Gasteiger partial charge in [-0.1, -0.05) is 6.07 Å². The van der Waals surface area contributed by atoms with Crippen molar-refractivity contribution in [1.82, 2.24) is 10.3 Å². The van der Waals surface area contributed by atoms with Crippen molar-refractivity contribution in [2.45, 2.75) is 6.54 Å². The van der Waals surface area contributed by atoms with Crippen LogP contribution in [0, 0.1) is 0 Å². The smallest absolute Gasteiger partial charge is 0.123 e. The van der Waals surface area contributed by atoms with Crippen LogP contribution in [0.4, 0.5) is 5.82 Å². The van der Waals surface area contributed by atoms with Crippen LogP contribution >= 0.6 is 0 Å². The quantitative estimate of drug-likeness (QED) is 0.645. The molecule has 0 fully saturated rings. The number of anilines is 1. The summed E-state index contributed by atoms with van der Waals surface area (Å²) in [5.41, 5.74) is 6.58. The molecule has 4 heteroatoms. The average Bonchev–Trinajstić information content (AvgIpc) is 2.15. The minimum atomic E-state index is 0.556. The molecule has 0 saturated heterocycles. The fraction of sp³-hybridized carbons (Fsp3) is 0.444. The third kappa shape index (κ3) is 3.87. The van der Waals surface area contributed by atoms with Crippen molar-refractivity contribution in [1.29, 1.82) is 0 Å². The number of nitrogens with zero attached hydrogens (tertiary/aromatic N) is 1. The molecule has 0 aliphatic heterocycles.